The van der Waals surface area contributed by atoms with Crippen LogP contribution in [-0.2, 0) is 33.0 Å². The summed E-state index contributed by atoms with van der Waals surface area (Å²) in [6.45, 7) is 1.19. The van der Waals surface area contributed by atoms with Gasteiger partial charge >= 0.3 is 0 Å². The van der Waals surface area contributed by atoms with Gasteiger partial charge in [-0.1, -0.05) is 127 Å². The molecule has 8 nitrogen and oxygen atoms in total. The molecular formula is C47H44ClN3O5. The summed E-state index contributed by atoms with van der Waals surface area (Å²) in [5, 5.41) is 1.21. The molecule has 8 rings (SSSR count). The number of hydrogen-bond acceptors (Lipinski definition) is 7. The largest absolute Gasteiger partial charge is 0.497 e. The molecule has 0 radical (unpaired) electrons. The van der Waals surface area contributed by atoms with Crippen molar-refractivity contribution in [1.82, 2.24) is 14.5 Å². The summed E-state index contributed by atoms with van der Waals surface area (Å²) in [5.41, 5.74) is 4.84. The second kappa shape index (κ2) is 17.1. The number of halogens is 1. The number of fused-ring (bicyclic) bond motifs is 1. The van der Waals surface area contributed by atoms with Crippen molar-refractivity contribution < 1.29 is 23.7 Å². The van der Waals surface area contributed by atoms with Crippen molar-refractivity contribution in [1.29, 1.82) is 0 Å². The Bertz CT molecular complexity index is 2260. The van der Waals surface area contributed by atoms with E-state index in [0.29, 0.717) is 31.4 Å². The first kappa shape index (κ1) is 37.4. The molecule has 1 saturated carbocycles. The molecule has 0 N–H and O–H groups in total. The van der Waals surface area contributed by atoms with E-state index in [1.807, 2.05) is 79.0 Å². The van der Waals surface area contributed by atoms with E-state index < -0.39 is 5.60 Å². The summed E-state index contributed by atoms with van der Waals surface area (Å²) in [5.74, 6) is 1.43. The SMILES string of the molecule is COc1ccc(C(OC[C@H]2C[C@@H](n3ccc4c(Cl)ncnc43)[C@H](OCc3ccccc3)[C@@H]2OCc2ccccc2)(c2ccccc2)c2ccc(OC)cc2)cc1. The number of nitrogens with zero attached hydrogens (tertiary/aromatic N) is 3. The lowest BCUT2D eigenvalue weighted by atomic mass is 9.79. The van der Waals surface area contributed by atoms with Crippen LogP contribution in [0.2, 0.25) is 5.15 Å². The van der Waals surface area contributed by atoms with Crippen molar-refractivity contribution in [3.8, 4) is 11.5 Å². The van der Waals surface area contributed by atoms with Gasteiger partial charge < -0.3 is 28.3 Å². The molecule has 56 heavy (non-hydrogen) atoms. The van der Waals surface area contributed by atoms with Gasteiger partial charge in [-0.15, -0.1) is 0 Å². The number of methoxy groups -OCH3 is 2. The molecule has 1 fully saturated rings. The van der Waals surface area contributed by atoms with Gasteiger partial charge in [-0.3, -0.25) is 0 Å². The quantitative estimate of drug-likeness (QED) is 0.0760. The smallest absolute Gasteiger partial charge is 0.145 e. The van der Waals surface area contributed by atoms with E-state index in [0.717, 1.165) is 50.3 Å². The van der Waals surface area contributed by atoms with Crippen molar-refractivity contribution in [2.45, 2.75) is 43.5 Å². The molecule has 284 valence electrons. The Hall–Kier alpha value is -5.51. The topological polar surface area (TPSA) is 76.9 Å². The Balaban J connectivity index is 1.22. The van der Waals surface area contributed by atoms with Crippen molar-refractivity contribution in [2.75, 3.05) is 20.8 Å². The van der Waals surface area contributed by atoms with E-state index >= 15 is 0 Å². The molecule has 7 aromatic rings. The van der Waals surface area contributed by atoms with Gasteiger partial charge in [-0.25, -0.2) is 9.97 Å². The van der Waals surface area contributed by atoms with E-state index in [4.69, 9.17) is 40.3 Å². The molecule has 4 atom stereocenters. The third-order valence-electron chi connectivity index (χ3n) is 10.8. The summed E-state index contributed by atoms with van der Waals surface area (Å²) in [6, 6.07) is 49.0. The highest BCUT2D eigenvalue weighted by molar-refractivity contribution is 6.33. The predicted molar refractivity (Wildman–Crippen MR) is 218 cm³/mol. The van der Waals surface area contributed by atoms with Crippen molar-refractivity contribution in [2.24, 2.45) is 5.92 Å². The van der Waals surface area contributed by atoms with Crippen LogP contribution in [0.1, 0.15) is 40.3 Å². The minimum absolute atomic E-state index is 0.0983. The van der Waals surface area contributed by atoms with Gasteiger partial charge in [0.05, 0.1) is 51.6 Å². The van der Waals surface area contributed by atoms with Crippen LogP contribution < -0.4 is 9.47 Å². The summed E-state index contributed by atoms with van der Waals surface area (Å²) >= 11 is 6.59. The van der Waals surface area contributed by atoms with Gasteiger partial charge in [-0.2, -0.15) is 0 Å². The van der Waals surface area contributed by atoms with E-state index in [2.05, 4.69) is 82.3 Å². The molecule has 1 aliphatic carbocycles. The van der Waals surface area contributed by atoms with Crippen LogP contribution in [0, 0.1) is 5.92 Å². The molecule has 0 bridgehead atoms. The first-order valence-electron chi connectivity index (χ1n) is 18.8. The van der Waals surface area contributed by atoms with Crippen LogP contribution in [0.3, 0.4) is 0 Å². The highest BCUT2D eigenvalue weighted by Gasteiger charge is 2.48. The minimum Gasteiger partial charge on any atom is -0.497 e. The average Bonchev–Trinajstić information content (AvgIpc) is 3.85. The minimum atomic E-state index is -0.997. The first-order chi connectivity index (χ1) is 27.6. The van der Waals surface area contributed by atoms with Gasteiger partial charge in [0, 0.05) is 12.1 Å². The molecule has 0 unspecified atom stereocenters. The Morgan fingerprint density at radius 3 is 1.70 bits per heavy atom. The normalized spacial score (nSPS) is 18.3. The average molecular weight is 766 g/mol. The third kappa shape index (κ3) is 7.66. The van der Waals surface area contributed by atoms with E-state index in [1.54, 1.807) is 14.2 Å². The molecule has 0 aliphatic heterocycles. The Labute approximate surface area is 332 Å². The Kier molecular flexibility index (Phi) is 11.4. The standard InChI is InChI=1S/C47H44ClN3O5/c1-52-39-22-18-37(19-23-39)47(36-16-10-5-11-17-36,38-20-24-40(53-2)25-21-38)56-31-35-28-42(51-27-26-41-45(48)49-32-50-46(41)51)44(55-30-34-14-8-4-9-15-34)43(35)54-29-33-12-6-3-7-13-33/h3-27,32,35,42-44H,28-31H2,1-2H3/t35-,42-,43-,44+/m1/s1. The van der Waals surface area contributed by atoms with Crippen molar-refractivity contribution in [3.63, 3.8) is 0 Å². The third-order valence-corrected chi connectivity index (χ3v) is 11.1. The van der Waals surface area contributed by atoms with Gasteiger partial charge in [-0.05, 0) is 64.6 Å². The maximum atomic E-state index is 7.51. The zero-order valence-corrected chi connectivity index (χ0v) is 32.2. The van der Waals surface area contributed by atoms with E-state index in [9.17, 15) is 0 Å². The zero-order valence-electron chi connectivity index (χ0n) is 31.4. The lowest BCUT2D eigenvalue weighted by Gasteiger charge is -2.37. The molecule has 0 spiro atoms. The Morgan fingerprint density at radius 1 is 0.625 bits per heavy atom. The van der Waals surface area contributed by atoms with Gasteiger partial charge in [0.1, 0.15) is 40.3 Å². The fourth-order valence-electron chi connectivity index (χ4n) is 7.98. The van der Waals surface area contributed by atoms with Crippen LogP contribution in [0.15, 0.2) is 158 Å². The number of hydrogen-bond donors (Lipinski definition) is 0. The van der Waals surface area contributed by atoms with Crippen LogP contribution in [0.5, 0.6) is 11.5 Å². The maximum absolute atomic E-state index is 7.51. The summed E-state index contributed by atoms with van der Waals surface area (Å²) in [4.78, 5) is 8.94. The second-order valence-electron chi connectivity index (χ2n) is 14.0. The molecule has 1 aliphatic rings. The van der Waals surface area contributed by atoms with E-state index in [1.165, 1.54) is 6.33 Å². The van der Waals surface area contributed by atoms with Gasteiger partial charge in [0.25, 0.3) is 0 Å². The number of aromatic nitrogens is 3. The lowest BCUT2D eigenvalue weighted by molar-refractivity contribution is -0.110. The molecule has 0 amide bonds. The summed E-state index contributed by atoms with van der Waals surface area (Å²) < 4.78 is 34.8. The van der Waals surface area contributed by atoms with Gasteiger partial charge in [0.15, 0.2) is 0 Å². The summed E-state index contributed by atoms with van der Waals surface area (Å²) in [7, 11) is 3.35. The van der Waals surface area contributed by atoms with E-state index in [-0.39, 0.29) is 24.2 Å². The maximum Gasteiger partial charge on any atom is 0.145 e. The van der Waals surface area contributed by atoms with Crippen LogP contribution in [0.25, 0.3) is 11.0 Å². The van der Waals surface area contributed by atoms with Crippen LogP contribution >= 0.6 is 11.6 Å². The molecule has 0 saturated heterocycles. The highest BCUT2D eigenvalue weighted by Crippen LogP contribution is 2.46. The molecule has 2 aromatic heterocycles. The van der Waals surface area contributed by atoms with Crippen LogP contribution in [-0.4, -0.2) is 47.6 Å². The molecular weight excluding hydrogens is 722 g/mol. The highest BCUT2D eigenvalue weighted by atomic mass is 35.5. The Morgan fingerprint density at radius 2 is 1.14 bits per heavy atom. The van der Waals surface area contributed by atoms with Gasteiger partial charge in [0.2, 0.25) is 0 Å². The fourth-order valence-corrected chi connectivity index (χ4v) is 8.18. The number of ether oxygens (including phenoxy) is 5. The molecule has 2 heterocycles. The zero-order chi connectivity index (χ0) is 38.3. The lowest BCUT2D eigenvalue weighted by Crippen LogP contribution is -2.39. The number of rotatable bonds is 15. The van der Waals surface area contributed by atoms with Crippen LogP contribution in [0.4, 0.5) is 0 Å². The van der Waals surface area contributed by atoms with Crippen molar-refractivity contribution >= 4 is 22.6 Å². The monoisotopic (exact) mass is 765 g/mol. The first-order valence-corrected chi connectivity index (χ1v) is 19.2. The second-order valence-corrected chi connectivity index (χ2v) is 14.4. The summed E-state index contributed by atoms with van der Waals surface area (Å²) in [6.07, 6.45) is 3.54. The molecule has 5 aromatic carbocycles. The predicted octanol–water partition coefficient (Wildman–Crippen LogP) is 9.84. The van der Waals surface area contributed by atoms with Crippen molar-refractivity contribution in [3.05, 3.63) is 191 Å². The fraction of sp³-hybridized carbons (Fsp3) is 0.234. The number of benzene rings is 5. The molecule has 9 heteroatoms.